The molecule has 0 bridgehead atoms. The van der Waals surface area contributed by atoms with Gasteiger partial charge in [-0.25, -0.2) is 0 Å². The molecule has 0 aromatic heterocycles. The zero-order valence-corrected chi connectivity index (χ0v) is 12.0. The topological polar surface area (TPSA) is 95.9 Å². The number of nitrogens with zero attached hydrogens (tertiary/aromatic N) is 1. The van der Waals surface area contributed by atoms with Gasteiger partial charge in [-0.2, -0.15) is 13.1 Å². The minimum absolute atomic E-state index is 0.0238. The van der Waals surface area contributed by atoms with Gasteiger partial charge in [0.2, 0.25) is 0 Å². The smallest absolute Gasteiger partial charge is 0.302 e. The van der Waals surface area contributed by atoms with Crippen molar-refractivity contribution in [2.24, 2.45) is 0 Å². The highest BCUT2D eigenvalue weighted by atomic mass is 32.2. The Morgan fingerprint density at radius 2 is 2.24 bits per heavy atom. The van der Waals surface area contributed by atoms with Gasteiger partial charge in [0.05, 0.1) is 24.9 Å². The van der Waals surface area contributed by atoms with E-state index in [1.807, 2.05) is 0 Å². The molecule has 2 saturated heterocycles. The quantitative estimate of drug-likeness (QED) is 0.773. The third kappa shape index (κ3) is 2.61. The molecule has 2 aliphatic heterocycles. The summed E-state index contributed by atoms with van der Waals surface area (Å²) < 4.78 is 32.7. The molecule has 1 aromatic rings. The number of nitrogens with one attached hydrogen (secondary N) is 1. The van der Waals surface area contributed by atoms with Crippen molar-refractivity contribution in [2.45, 2.75) is 18.4 Å². The van der Waals surface area contributed by atoms with Gasteiger partial charge in [0, 0.05) is 12.5 Å². The van der Waals surface area contributed by atoms with Crippen LogP contribution in [0.5, 0.6) is 5.75 Å². The average Bonchev–Trinajstić information content (AvgIpc) is 3.07. The Hall–Kier alpha value is -1.64. The molecule has 2 N–H and O–H groups in total. The summed E-state index contributed by atoms with van der Waals surface area (Å²) in [6, 6.07) is 4.10. The van der Waals surface area contributed by atoms with Gasteiger partial charge in [-0.15, -0.1) is 0 Å². The summed E-state index contributed by atoms with van der Waals surface area (Å²) in [6.45, 7) is 1.24. The lowest BCUT2D eigenvalue weighted by atomic mass is 9.98. The first kappa shape index (κ1) is 14.3. The van der Waals surface area contributed by atoms with Crippen LogP contribution >= 0.6 is 0 Å². The summed E-state index contributed by atoms with van der Waals surface area (Å²) in [4.78, 5) is 10.8. The van der Waals surface area contributed by atoms with Gasteiger partial charge in [-0.3, -0.25) is 4.31 Å². The maximum Gasteiger partial charge on any atom is 0.302 e. The summed E-state index contributed by atoms with van der Waals surface area (Å²) in [6.07, 6.45) is 1.41. The van der Waals surface area contributed by atoms with Crippen molar-refractivity contribution < 1.29 is 23.1 Å². The van der Waals surface area contributed by atoms with Crippen LogP contribution in [0.4, 0.5) is 5.69 Å². The maximum absolute atomic E-state index is 12.0. The fourth-order valence-electron chi connectivity index (χ4n) is 2.66. The molecule has 2 heterocycles. The van der Waals surface area contributed by atoms with Crippen LogP contribution < -0.4 is 9.03 Å². The Balaban J connectivity index is 1.97. The van der Waals surface area contributed by atoms with Gasteiger partial charge in [0.25, 0.3) is 0 Å². The third-order valence-electron chi connectivity index (χ3n) is 3.79. The van der Waals surface area contributed by atoms with Crippen molar-refractivity contribution in [1.29, 1.82) is 0 Å². The number of phenols is 1. The molecule has 7 nitrogen and oxygen atoms in total. The van der Waals surface area contributed by atoms with E-state index in [0.717, 1.165) is 16.3 Å². The SMILES string of the molecule is O=CC1CN(c2cc(C3CCOC3)ccc2O)S(=O)(=O)N1. The molecule has 0 spiro atoms. The minimum Gasteiger partial charge on any atom is -0.506 e. The molecule has 0 radical (unpaired) electrons. The lowest BCUT2D eigenvalue weighted by molar-refractivity contribution is -0.108. The number of carbonyl (C=O) groups excluding carboxylic acids is 1. The average molecular weight is 312 g/mol. The molecule has 0 aliphatic carbocycles. The lowest BCUT2D eigenvalue weighted by Crippen LogP contribution is -2.30. The summed E-state index contributed by atoms with van der Waals surface area (Å²) in [5.41, 5.74) is 1.11. The second-order valence-electron chi connectivity index (χ2n) is 5.21. The van der Waals surface area contributed by atoms with Gasteiger partial charge in [0.15, 0.2) is 0 Å². The predicted molar refractivity (Wildman–Crippen MR) is 75.5 cm³/mol. The van der Waals surface area contributed by atoms with E-state index >= 15 is 0 Å². The Morgan fingerprint density at radius 1 is 1.43 bits per heavy atom. The Morgan fingerprint density at radius 3 is 2.86 bits per heavy atom. The summed E-state index contributed by atoms with van der Waals surface area (Å²) >= 11 is 0. The summed E-state index contributed by atoms with van der Waals surface area (Å²) in [5.74, 6) is 0.0686. The van der Waals surface area contributed by atoms with E-state index in [1.54, 1.807) is 12.1 Å². The Bertz CT molecular complexity index is 655. The molecule has 21 heavy (non-hydrogen) atoms. The van der Waals surface area contributed by atoms with Crippen LogP contribution in [-0.4, -0.2) is 45.6 Å². The number of rotatable bonds is 3. The second kappa shape index (κ2) is 5.28. The van der Waals surface area contributed by atoms with Crippen molar-refractivity contribution >= 4 is 22.2 Å². The Labute approximate surface area is 122 Å². The number of aromatic hydroxyl groups is 1. The highest BCUT2D eigenvalue weighted by Crippen LogP contribution is 2.35. The van der Waals surface area contributed by atoms with Gasteiger partial charge in [-0.1, -0.05) is 6.07 Å². The molecule has 2 aliphatic rings. The van der Waals surface area contributed by atoms with Crippen molar-refractivity contribution in [2.75, 3.05) is 24.1 Å². The van der Waals surface area contributed by atoms with Crippen molar-refractivity contribution in [1.82, 2.24) is 4.72 Å². The molecule has 1 aromatic carbocycles. The highest BCUT2D eigenvalue weighted by molar-refractivity contribution is 7.91. The van der Waals surface area contributed by atoms with Crippen LogP contribution in [0.25, 0.3) is 0 Å². The fraction of sp³-hybridized carbons (Fsp3) is 0.462. The number of aldehydes is 1. The van der Waals surface area contributed by atoms with Crippen molar-refractivity contribution in [3.8, 4) is 5.75 Å². The van der Waals surface area contributed by atoms with Crippen molar-refractivity contribution in [3.05, 3.63) is 23.8 Å². The molecule has 0 amide bonds. The van der Waals surface area contributed by atoms with Crippen LogP contribution in [0.2, 0.25) is 0 Å². The van der Waals surface area contributed by atoms with Gasteiger partial charge >= 0.3 is 10.2 Å². The van der Waals surface area contributed by atoms with Gasteiger partial charge in [0.1, 0.15) is 12.0 Å². The van der Waals surface area contributed by atoms with Crippen LogP contribution in [0.3, 0.4) is 0 Å². The zero-order chi connectivity index (χ0) is 15.0. The van der Waals surface area contributed by atoms with Gasteiger partial charge < -0.3 is 14.6 Å². The number of anilines is 1. The number of hydrogen-bond acceptors (Lipinski definition) is 5. The van der Waals surface area contributed by atoms with E-state index in [0.29, 0.717) is 19.5 Å². The largest absolute Gasteiger partial charge is 0.506 e. The number of phenolic OH excluding ortho intramolecular Hbond substituents is 1. The van der Waals surface area contributed by atoms with E-state index in [2.05, 4.69) is 4.72 Å². The van der Waals surface area contributed by atoms with Crippen LogP contribution in [-0.2, 0) is 19.7 Å². The molecule has 2 unspecified atom stereocenters. The first-order valence-corrected chi connectivity index (χ1v) is 8.11. The standard InChI is InChI=1S/C13H16N2O5S/c16-7-11-6-15(21(18,19)14-11)12-5-9(1-2-13(12)17)10-3-4-20-8-10/h1-2,5,7,10-11,14,17H,3-4,6,8H2. The Kier molecular flexibility index (Phi) is 3.60. The monoisotopic (exact) mass is 312 g/mol. The molecule has 0 saturated carbocycles. The van der Waals surface area contributed by atoms with E-state index in [-0.39, 0.29) is 23.9 Å². The first-order chi connectivity index (χ1) is 10.0. The number of carbonyl (C=O) groups is 1. The first-order valence-electron chi connectivity index (χ1n) is 6.67. The van der Waals surface area contributed by atoms with E-state index in [1.165, 1.54) is 6.07 Å². The molecule has 2 fully saturated rings. The van der Waals surface area contributed by atoms with Crippen LogP contribution in [0.1, 0.15) is 17.9 Å². The zero-order valence-electron chi connectivity index (χ0n) is 11.2. The molecular formula is C13H16N2O5S. The predicted octanol–water partition coefficient (Wildman–Crippen LogP) is 0.118. The molecule has 114 valence electrons. The van der Waals surface area contributed by atoms with E-state index < -0.39 is 16.3 Å². The third-order valence-corrected chi connectivity index (χ3v) is 5.31. The van der Waals surface area contributed by atoms with Gasteiger partial charge in [-0.05, 0) is 24.1 Å². The normalized spacial score (nSPS) is 27.9. The number of hydrogen-bond donors (Lipinski definition) is 2. The number of ether oxygens (including phenoxy) is 1. The summed E-state index contributed by atoms with van der Waals surface area (Å²) in [7, 11) is -3.80. The second-order valence-corrected chi connectivity index (χ2v) is 6.83. The van der Waals surface area contributed by atoms with E-state index in [9.17, 15) is 18.3 Å². The van der Waals surface area contributed by atoms with E-state index in [4.69, 9.17) is 4.74 Å². The molecule has 3 rings (SSSR count). The molecular weight excluding hydrogens is 296 g/mol. The van der Waals surface area contributed by atoms with Crippen molar-refractivity contribution in [3.63, 3.8) is 0 Å². The molecule has 8 heteroatoms. The summed E-state index contributed by atoms with van der Waals surface area (Å²) in [5, 5.41) is 9.98. The maximum atomic E-state index is 12.0. The fourth-order valence-corrected chi connectivity index (χ4v) is 4.06. The minimum atomic E-state index is -3.80. The number of benzene rings is 1. The van der Waals surface area contributed by atoms with Crippen LogP contribution in [0, 0.1) is 0 Å². The lowest BCUT2D eigenvalue weighted by Gasteiger charge is -2.19. The van der Waals surface area contributed by atoms with Crippen LogP contribution in [0.15, 0.2) is 18.2 Å². The highest BCUT2D eigenvalue weighted by Gasteiger charge is 2.37. The molecule has 2 atom stereocenters.